The van der Waals surface area contributed by atoms with E-state index in [-0.39, 0.29) is 0 Å². The molecule has 62 valence electrons. The molecule has 0 fully saturated rings. The van der Waals surface area contributed by atoms with E-state index in [1.807, 2.05) is 18.2 Å². The maximum Gasteiger partial charge on any atom is 0.107 e. The first-order chi connectivity index (χ1) is 5.83. The van der Waals surface area contributed by atoms with Crippen molar-refractivity contribution in [2.24, 2.45) is 0 Å². The van der Waals surface area contributed by atoms with Crippen molar-refractivity contribution in [2.75, 3.05) is 0 Å². The number of rotatable bonds is 1. The molecule has 0 bridgehead atoms. The molecule has 1 N–H and O–H groups in total. The lowest BCUT2D eigenvalue weighted by molar-refractivity contribution is 1.05. The van der Waals surface area contributed by atoms with Crippen molar-refractivity contribution < 1.29 is 0 Å². The molecule has 0 spiro atoms. The van der Waals surface area contributed by atoms with Crippen LogP contribution in [0.15, 0.2) is 22.7 Å². The smallest absolute Gasteiger partial charge is 0.107 e. The number of nitrogens with one attached hydrogen (secondary N) is 1. The van der Waals surface area contributed by atoms with E-state index in [9.17, 15) is 0 Å². The van der Waals surface area contributed by atoms with Crippen LogP contribution in [-0.2, 0) is 5.88 Å². The van der Waals surface area contributed by atoms with Gasteiger partial charge in [-0.1, -0.05) is 12.1 Å². The van der Waals surface area contributed by atoms with E-state index >= 15 is 0 Å². The number of hydrogen-bond acceptors (Lipinski definition) is 1. The molecule has 12 heavy (non-hydrogen) atoms. The number of halogens is 2. The highest BCUT2D eigenvalue weighted by Crippen LogP contribution is 2.24. The number of aromatic nitrogens is 2. The molecular formula is C8H6BrClN2. The van der Waals surface area contributed by atoms with Gasteiger partial charge >= 0.3 is 0 Å². The first-order valence-electron chi connectivity index (χ1n) is 3.50. The van der Waals surface area contributed by atoms with E-state index < -0.39 is 0 Å². The Morgan fingerprint density at radius 3 is 3.08 bits per heavy atom. The summed E-state index contributed by atoms with van der Waals surface area (Å²) in [4.78, 5) is 0. The summed E-state index contributed by atoms with van der Waals surface area (Å²) in [5, 5.41) is 8.11. The summed E-state index contributed by atoms with van der Waals surface area (Å²) in [7, 11) is 0. The number of H-pyrrole nitrogens is 1. The largest absolute Gasteiger partial charge is 0.280 e. The lowest BCUT2D eigenvalue weighted by Crippen LogP contribution is -1.76. The Balaban J connectivity index is 2.80. The minimum Gasteiger partial charge on any atom is -0.280 e. The molecule has 4 heteroatoms. The average Bonchev–Trinajstić information content (AvgIpc) is 2.49. The molecule has 0 aliphatic heterocycles. The third-order valence-electron chi connectivity index (χ3n) is 1.75. The van der Waals surface area contributed by atoms with E-state index in [2.05, 4.69) is 26.1 Å². The maximum absolute atomic E-state index is 5.71. The zero-order valence-corrected chi connectivity index (χ0v) is 8.48. The molecule has 1 aromatic heterocycles. The van der Waals surface area contributed by atoms with Gasteiger partial charge in [-0.3, -0.25) is 5.10 Å². The van der Waals surface area contributed by atoms with Gasteiger partial charge in [0.1, 0.15) is 5.52 Å². The molecule has 0 amide bonds. The van der Waals surface area contributed by atoms with E-state index in [4.69, 9.17) is 11.6 Å². The molecule has 2 nitrogen and oxygen atoms in total. The summed E-state index contributed by atoms with van der Waals surface area (Å²) in [5.41, 5.74) is 1.90. The predicted molar refractivity (Wildman–Crippen MR) is 53.4 cm³/mol. The first kappa shape index (κ1) is 8.08. The molecule has 1 aromatic carbocycles. The summed E-state index contributed by atoms with van der Waals surface area (Å²) < 4.78 is 0.993. The van der Waals surface area contributed by atoms with Crippen LogP contribution in [0.3, 0.4) is 0 Å². The SMILES string of the molecule is ClCc1[nH]nc2c(Br)cccc12. The van der Waals surface area contributed by atoms with Crippen LogP contribution in [0.4, 0.5) is 0 Å². The van der Waals surface area contributed by atoms with Gasteiger partial charge in [0.25, 0.3) is 0 Å². The van der Waals surface area contributed by atoms with Gasteiger partial charge in [-0.15, -0.1) is 11.6 Å². The van der Waals surface area contributed by atoms with Gasteiger partial charge in [0.05, 0.1) is 11.6 Å². The van der Waals surface area contributed by atoms with Crippen molar-refractivity contribution >= 4 is 38.4 Å². The van der Waals surface area contributed by atoms with Gasteiger partial charge in [-0.05, 0) is 22.0 Å². The standard InChI is InChI=1S/C8H6BrClN2/c9-6-3-1-2-5-7(4-10)11-12-8(5)6/h1-3H,4H2,(H,11,12). The zero-order valence-electron chi connectivity index (χ0n) is 6.14. The molecule has 2 aromatic rings. The van der Waals surface area contributed by atoms with E-state index in [1.165, 1.54) is 0 Å². The van der Waals surface area contributed by atoms with Crippen LogP contribution < -0.4 is 0 Å². The van der Waals surface area contributed by atoms with Crippen molar-refractivity contribution in [3.63, 3.8) is 0 Å². The fraction of sp³-hybridized carbons (Fsp3) is 0.125. The van der Waals surface area contributed by atoms with Crippen molar-refractivity contribution in [1.82, 2.24) is 10.2 Å². The highest BCUT2D eigenvalue weighted by atomic mass is 79.9. The number of fused-ring (bicyclic) bond motifs is 1. The van der Waals surface area contributed by atoms with Gasteiger partial charge in [-0.25, -0.2) is 0 Å². The number of benzene rings is 1. The minimum absolute atomic E-state index is 0.465. The fourth-order valence-corrected chi connectivity index (χ4v) is 1.82. The van der Waals surface area contributed by atoms with Gasteiger partial charge < -0.3 is 0 Å². The van der Waals surface area contributed by atoms with E-state index in [1.54, 1.807) is 0 Å². The van der Waals surface area contributed by atoms with Crippen LogP contribution in [0.5, 0.6) is 0 Å². The Kier molecular flexibility index (Phi) is 2.07. The van der Waals surface area contributed by atoms with Crippen LogP contribution >= 0.6 is 27.5 Å². The summed E-state index contributed by atoms with van der Waals surface area (Å²) in [6.07, 6.45) is 0. The first-order valence-corrected chi connectivity index (χ1v) is 4.83. The summed E-state index contributed by atoms with van der Waals surface area (Å²) in [6, 6.07) is 5.93. The summed E-state index contributed by atoms with van der Waals surface area (Å²) in [5.74, 6) is 0.465. The average molecular weight is 246 g/mol. The third kappa shape index (κ3) is 1.13. The van der Waals surface area contributed by atoms with Crippen LogP contribution in [0.25, 0.3) is 10.9 Å². The lowest BCUT2D eigenvalue weighted by atomic mass is 10.2. The highest BCUT2D eigenvalue weighted by Gasteiger charge is 2.05. The Hall–Kier alpha value is -0.540. The zero-order chi connectivity index (χ0) is 8.55. The number of hydrogen-bond donors (Lipinski definition) is 1. The topological polar surface area (TPSA) is 28.7 Å². The molecule has 0 radical (unpaired) electrons. The second-order valence-electron chi connectivity index (χ2n) is 2.47. The Bertz CT molecular complexity index is 410. The van der Waals surface area contributed by atoms with Gasteiger partial charge in [0.15, 0.2) is 0 Å². The van der Waals surface area contributed by atoms with Crippen molar-refractivity contribution in [3.05, 3.63) is 28.4 Å². The Morgan fingerprint density at radius 1 is 1.50 bits per heavy atom. The molecule has 0 unspecified atom stereocenters. The molecule has 0 aliphatic carbocycles. The summed E-state index contributed by atoms with van der Waals surface area (Å²) >= 11 is 9.13. The third-order valence-corrected chi connectivity index (χ3v) is 2.66. The second kappa shape index (κ2) is 3.07. The van der Waals surface area contributed by atoms with Crippen molar-refractivity contribution in [2.45, 2.75) is 5.88 Å². The Morgan fingerprint density at radius 2 is 2.33 bits per heavy atom. The number of alkyl halides is 1. The molecule has 0 saturated heterocycles. The number of para-hydroxylation sites is 1. The Labute approximate surface area is 83.0 Å². The van der Waals surface area contributed by atoms with Crippen LogP contribution in [-0.4, -0.2) is 10.2 Å². The predicted octanol–water partition coefficient (Wildman–Crippen LogP) is 3.06. The molecule has 0 aliphatic rings. The fourth-order valence-electron chi connectivity index (χ4n) is 1.16. The van der Waals surface area contributed by atoms with E-state index in [0.29, 0.717) is 5.88 Å². The normalized spacial score (nSPS) is 10.8. The van der Waals surface area contributed by atoms with Gasteiger partial charge in [0, 0.05) is 9.86 Å². The molecule has 1 heterocycles. The van der Waals surface area contributed by atoms with Gasteiger partial charge in [-0.2, -0.15) is 5.10 Å². The van der Waals surface area contributed by atoms with Crippen molar-refractivity contribution in [1.29, 1.82) is 0 Å². The molecule has 2 rings (SSSR count). The van der Waals surface area contributed by atoms with Crippen LogP contribution in [0.1, 0.15) is 5.69 Å². The van der Waals surface area contributed by atoms with Crippen LogP contribution in [0, 0.1) is 0 Å². The monoisotopic (exact) mass is 244 g/mol. The van der Waals surface area contributed by atoms with Gasteiger partial charge in [0.2, 0.25) is 0 Å². The van der Waals surface area contributed by atoms with Crippen molar-refractivity contribution in [3.8, 4) is 0 Å². The number of nitrogens with zero attached hydrogens (tertiary/aromatic N) is 1. The summed E-state index contributed by atoms with van der Waals surface area (Å²) in [6.45, 7) is 0. The quantitative estimate of drug-likeness (QED) is 0.769. The lowest BCUT2D eigenvalue weighted by Gasteiger charge is -1.91. The minimum atomic E-state index is 0.465. The number of aromatic amines is 1. The second-order valence-corrected chi connectivity index (χ2v) is 3.59. The van der Waals surface area contributed by atoms with Crippen LogP contribution in [0.2, 0.25) is 0 Å². The highest BCUT2D eigenvalue weighted by molar-refractivity contribution is 9.10. The molecular weight excluding hydrogens is 239 g/mol. The van der Waals surface area contributed by atoms with E-state index in [0.717, 1.165) is 21.1 Å². The molecule has 0 saturated carbocycles. The maximum atomic E-state index is 5.71. The molecule has 0 atom stereocenters.